The third-order valence-corrected chi connectivity index (χ3v) is 24.0. The molecular formula is C42H72O5SSi2. The molecule has 50 heavy (non-hydrogen) atoms. The fourth-order valence-corrected chi connectivity index (χ4v) is 12.3. The van der Waals surface area contributed by atoms with Crippen LogP contribution in [0.2, 0.25) is 36.3 Å². The summed E-state index contributed by atoms with van der Waals surface area (Å²) in [5.74, 6) is 1.81. The Balaban J connectivity index is 1.44. The molecule has 0 spiro atoms. The van der Waals surface area contributed by atoms with Gasteiger partial charge in [0.05, 0.1) is 23.7 Å². The van der Waals surface area contributed by atoms with Gasteiger partial charge in [-0.2, -0.15) is 8.42 Å². The topological polar surface area (TPSA) is 61.8 Å². The average Bonchev–Trinajstić information content (AvgIpc) is 3.34. The zero-order chi connectivity index (χ0) is 37.3. The molecule has 6 atom stereocenters. The van der Waals surface area contributed by atoms with Gasteiger partial charge in [-0.25, -0.2) is 0 Å². The van der Waals surface area contributed by atoms with E-state index in [1.807, 2.05) is 19.1 Å². The van der Waals surface area contributed by atoms with Crippen LogP contribution >= 0.6 is 0 Å². The number of benzene rings is 1. The third-order valence-electron chi connectivity index (χ3n) is 13.7. The Bertz CT molecular complexity index is 1430. The summed E-state index contributed by atoms with van der Waals surface area (Å²) in [4.78, 5) is 0.240. The molecule has 3 saturated carbocycles. The molecule has 3 aliphatic rings. The van der Waals surface area contributed by atoms with E-state index in [1.54, 1.807) is 17.7 Å². The third kappa shape index (κ3) is 9.93. The quantitative estimate of drug-likeness (QED) is 0.121. The van der Waals surface area contributed by atoms with Crippen molar-refractivity contribution in [2.75, 3.05) is 6.61 Å². The Morgan fingerprint density at radius 1 is 0.900 bits per heavy atom. The maximum absolute atomic E-state index is 12.7. The summed E-state index contributed by atoms with van der Waals surface area (Å²) in [5, 5.41) is 0.363. The summed E-state index contributed by atoms with van der Waals surface area (Å²) in [7, 11) is -7.54. The maximum Gasteiger partial charge on any atom is 0.296 e. The molecule has 3 fully saturated rings. The fraction of sp³-hybridized carbons (Fsp3) is 0.762. The van der Waals surface area contributed by atoms with Crippen LogP contribution in [0.5, 0.6) is 0 Å². The van der Waals surface area contributed by atoms with Gasteiger partial charge >= 0.3 is 0 Å². The second kappa shape index (κ2) is 15.7. The van der Waals surface area contributed by atoms with Gasteiger partial charge < -0.3 is 8.85 Å². The first kappa shape index (κ1) is 41.7. The molecule has 0 saturated heterocycles. The Morgan fingerprint density at radius 2 is 1.46 bits per heavy atom. The van der Waals surface area contributed by atoms with Crippen LogP contribution in [-0.2, 0) is 23.2 Å². The van der Waals surface area contributed by atoms with Crippen LogP contribution in [0.1, 0.15) is 125 Å². The fourth-order valence-electron chi connectivity index (χ4n) is 8.62. The van der Waals surface area contributed by atoms with E-state index in [0.29, 0.717) is 23.2 Å². The zero-order valence-corrected chi connectivity index (χ0v) is 36.9. The lowest BCUT2D eigenvalue weighted by Gasteiger charge is -2.45. The van der Waals surface area contributed by atoms with E-state index in [9.17, 15) is 8.42 Å². The molecule has 0 radical (unpaired) electrons. The van der Waals surface area contributed by atoms with Crippen molar-refractivity contribution in [2.45, 2.75) is 180 Å². The summed E-state index contributed by atoms with van der Waals surface area (Å²) in [6, 6.07) is 6.90. The highest BCUT2D eigenvalue weighted by molar-refractivity contribution is 7.86. The maximum atomic E-state index is 12.7. The van der Waals surface area contributed by atoms with Crippen LogP contribution in [-0.4, -0.2) is 43.9 Å². The van der Waals surface area contributed by atoms with E-state index >= 15 is 0 Å². The molecule has 5 nitrogen and oxygen atoms in total. The molecule has 0 aliphatic heterocycles. The van der Waals surface area contributed by atoms with Gasteiger partial charge in [-0.05, 0) is 143 Å². The predicted octanol–water partition coefficient (Wildman–Crippen LogP) is 12.2. The summed E-state index contributed by atoms with van der Waals surface area (Å²) in [6.07, 6.45) is 16.4. The van der Waals surface area contributed by atoms with Crippen LogP contribution in [0, 0.1) is 30.1 Å². The second-order valence-corrected chi connectivity index (χ2v) is 30.6. The summed E-state index contributed by atoms with van der Waals surface area (Å²) in [6.45, 7) is 30.7. The van der Waals surface area contributed by atoms with E-state index in [2.05, 4.69) is 93.7 Å². The van der Waals surface area contributed by atoms with E-state index in [0.717, 1.165) is 37.7 Å². The zero-order valence-electron chi connectivity index (χ0n) is 34.1. The minimum atomic E-state index is -3.71. The van der Waals surface area contributed by atoms with E-state index in [-0.39, 0.29) is 33.8 Å². The first-order valence-electron chi connectivity index (χ1n) is 19.7. The number of fused-ring (bicyclic) bond motifs is 1. The first-order chi connectivity index (χ1) is 23.0. The first-order valence-corrected chi connectivity index (χ1v) is 26.9. The Morgan fingerprint density at radius 3 is 2.00 bits per heavy atom. The lowest BCUT2D eigenvalue weighted by atomic mass is 9.61. The molecule has 0 heterocycles. The smallest absolute Gasteiger partial charge is 0.296 e. The van der Waals surface area contributed by atoms with E-state index in [4.69, 9.17) is 13.0 Å². The number of allylic oxidation sites excluding steroid dienone is 3. The standard InChI is InChI=1S/C42H72O5SSi2/c1-31-18-22-37(23-19-31)48(43,44)45-27-15-16-32(2)38-24-25-39-34(17-14-26-42(38,39)9)21-20-33-28-35(46-49(10,11)40(3,4)5)30-36(29-33)47-50(12,13)41(6,7)8/h18-23,32,35-36,38-39H,14-17,24-30H2,1-13H3/b34-21+/t32-,35-,36-,38-,39+,42-/m1/s1. The molecule has 0 unspecified atom stereocenters. The van der Waals surface area contributed by atoms with Crippen LogP contribution in [0.25, 0.3) is 0 Å². The number of hydrogen-bond acceptors (Lipinski definition) is 5. The summed E-state index contributed by atoms with van der Waals surface area (Å²) < 4.78 is 45.0. The van der Waals surface area contributed by atoms with E-state index in [1.165, 1.54) is 37.7 Å². The lowest BCUT2D eigenvalue weighted by Crippen LogP contribution is -2.48. The van der Waals surface area contributed by atoms with E-state index < -0.39 is 26.8 Å². The molecule has 3 aliphatic carbocycles. The second-order valence-electron chi connectivity index (χ2n) is 19.5. The van der Waals surface area contributed by atoms with Crippen molar-refractivity contribution in [3.63, 3.8) is 0 Å². The van der Waals surface area contributed by atoms with Crippen molar-refractivity contribution in [3.8, 4) is 0 Å². The molecule has 1 aromatic rings. The summed E-state index contributed by atoms with van der Waals surface area (Å²) >= 11 is 0. The van der Waals surface area contributed by atoms with Gasteiger partial charge in [-0.15, -0.1) is 0 Å². The van der Waals surface area contributed by atoms with Crippen LogP contribution < -0.4 is 0 Å². The normalized spacial score (nSPS) is 28.5. The molecule has 0 bridgehead atoms. The van der Waals surface area contributed by atoms with Gasteiger partial charge in [-0.3, -0.25) is 4.18 Å². The van der Waals surface area contributed by atoms with Crippen molar-refractivity contribution in [1.82, 2.24) is 0 Å². The molecular weight excluding hydrogens is 673 g/mol. The Kier molecular flexibility index (Phi) is 13.1. The van der Waals surface area contributed by atoms with Gasteiger partial charge in [0.1, 0.15) is 0 Å². The number of hydrogen-bond donors (Lipinski definition) is 0. The van der Waals surface area contributed by atoms with Crippen molar-refractivity contribution < 1.29 is 21.5 Å². The Labute approximate surface area is 309 Å². The number of aryl methyl sites for hydroxylation is 1. The largest absolute Gasteiger partial charge is 0.414 e. The highest BCUT2D eigenvalue weighted by Gasteiger charge is 2.50. The average molecular weight is 745 g/mol. The van der Waals surface area contributed by atoms with Gasteiger partial charge in [0, 0.05) is 0 Å². The SMILES string of the molecule is Cc1ccc(S(=O)(=O)OCCC[C@@H](C)[C@H]2CC[C@H]3/C(=C/C=C4C[C@@H](O[Si](C)(C)C(C)(C)C)C[C@H](O[Si](C)(C)C(C)(C)C)C4)CCC[C@]23C)cc1. The highest BCUT2D eigenvalue weighted by Crippen LogP contribution is 2.60. The molecule has 0 amide bonds. The van der Waals surface area contributed by atoms with Crippen molar-refractivity contribution in [3.05, 3.63) is 53.1 Å². The van der Waals surface area contributed by atoms with Crippen LogP contribution in [0.3, 0.4) is 0 Å². The van der Waals surface area contributed by atoms with Crippen LogP contribution in [0.4, 0.5) is 0 Å². The molecule has 1 aromatic carbocycles. The molecule has 0 aromatic heterocycles. The van der Waals surface area contributed by atoms with Gasteiger partial charge in [0.15, 0.2) is 16.6 Å². The Hall–Kier alpha value is -1.04. The minimum Gasteiger partial charge on any atom is -0.414 e. The van der Waals surface area contributed by atoms with Gasteiger partial charge in [-0.1, -0.05) is 96.4 Å². The van der Waals surface area contributed by atoms with Gasteiger partial charge in [0.2, 0.25) is 0 Å². The van der Waals surface area contributed by atoms with Crippen LogP contribution in [0.15, 0.2) is 52.5 Å². The molecule has 8 heteroatoms. The lowest BCUT2D eigenvalue weighted by molar-refractivity contribution is 0.0725. The molecule has 284 valence electrons. The minimum absolute atomic E-state index is 0.181. The molecule has 4 rings (SSSR count). The predicted molar refractivity (Wildman–Crippen MR) is 215 cm³/mol. The number of rotatable bonds is 12. The van der Waals surface area contributed by atoms with Crippen molar-refractivity contribution in [1.29, 1.82) is 0 Å². The highest BCUT2D eigenvalue weighted by atomic mass is 32.2. The molecule has 0 N–H and O–H groups in total. The van der Waals surface area contributed by atoms with Crippen molar-refractivity contribution >= 4 is 26.8 Å². The monoisotopic (exact) mass is 744 g/mol. The van der Waals surface area contributed by atoms with Crippen molar-refractivity contribution in [2.24, 2.45) is 23.2 Å². The summed E-state index contributed by atoms with van der Waals surface area (Å²) in [5.41, 5.74) is 4.47. The van der Waals surface area contributed by atoms with Gasteiger partial charge in [0.25, 0.3) is 10.1 Å².